The summed E-state index contributed by atoms with van der Waals surface area (Å²) in [5.41, 5.74) is 3.70. The van der Waals surface area contributed by atoms with Crippen LogP contribution in [0.3, 0.4) is 0 Å². The van der Waals surface area contributed by atoms with Gasteiger partial charge in [0.15, 0.2) is 12.1 Å². The third-order valence-corrected chi connectivity index (χ3v) is 11.4. The van der Waals surface area contributed by atoms with Crippen molar-refractivity contribution in [3.63, 3.8) is 0 Å². The molecule has 0 aromatic heterocycles. The molecule has 10 atom stereocenters. The lowest BCUT2D eigenvalue weighted by molar-refractivity contribution is -0.278. The molecule has 1 saturated heterocycles. The van der Waals surface area contributed by atoms with Gasteiger partial charge in [-0.2, -0.15) is 0 Å². The zero-order valence-corrected chi connectivity index (χ0v) is 26.9. The SMILES string of the molecule is CC(C)=CC[C@@H](O[C@@H]1OC[C@H](O)[C@H](O)[C@@H]1O)/C(C)=C/C=C/C(C)=C1\C(=O)C[C@H]2[C@@]3(C)CC[C@@H](O)C(C)(C)[C@@H]3CC[C@]12C. The number of ketones is 1. The first-order valence-corrected chi connectivity index (χ1v) is 15.8. The van der Waals surface area contributed by atoms with Crippen molar-refractivity contribution < 1.29 is 34.7 Å². The summed E-state index contributed by atoms with van der Waals surface area (Å²) in [4.78, 5) is 13.6. The molecule has 3 saturated carbocycles. The Hall–Kier alpha value is -1.61. The van der Waals surface area contributed by atoms with E-state index in [1.165, 1.54) is 0 Å². The maximum atomic E-state index is 13.6. The fourth-order valence-electron chi connectivity index (χ4n) is 8.86. The van der Waals surface area contributed by atoms with Gasteiger partial charge in [0, 0.05) is 17.4 Å². The predicted octanol–water partition coefficient (Wildman–Crippen LogP) is 5.18. The molecule has 42 heavy (non-hydrogen) atoms. The zero-order chi connectivity index (χ0) is 31.2. The highest BCUT2D eigenvalue weighted by atomic mass is 16.7. The largest absolute Gasteiger partial charge is 0.393 e. The molecule has 1 heterocycles. The van der Waals surface area contributed by atoms with Crippen LogP contribution in [0.2, 0.25) is 0 Å². The second-order valence-corrected chi connectivity index (χ2v) is 14.8. The van der Waals surface area contributed by atoms with Crippen LogP contribution in [0.1, 0.15) is 93.9 Å². The van der Waals surface area contributed by atoms with Crippen molar-refractivity contribution in [3.05, 3.63) is 46.6 Å². The average molecular weight is 587 g/mol. The normalized spacial score (nSPS) is 42.2. The van der Waals surface area contributed by atoms with Gasteiger partial charge in [0.25, 0.3) is 0 Å². The topological polar surface area (TPSA) is 116 Å². The fraction of sp³-hybridized carbons (Fsp3) is 0.743. The van der Waals surface area contributed by atoms with Gasteiger partial charge in [-0.3, -0.25) is 4.79 Å². The molecule has 0 unspecified atom stereocenters. The lowest BCUT2D eigenvalue weighted by atomic mass is 9.43. The molecule has 236 valence electrons. The monoisotopic (exact) mass is 586 g/mol. The number of carbonyl (C=O) groups excluding carboxylic acids is 1. The van der Waals surface area contributed by atoms with Crippen molar-refractivity contribution in [1.82, 2.24) is 0 Å². The number of ether oxygens (including phenoxy) is 2. The van der Waals surface area contributed by atoms with Crippen LogP contribution in [0.4, 0.5) is 0 Å². The molecular formula is C35H54O7. The minimum absolute atomic E-state index is 0.0263. The van der Waals surface area contributed by atoms with Gasteiger partial charge in [-0.15, -0.1) is 0 Å². The fourth-order valence-corrected chi connectivity index (χ4v) is 8.86. The van der Waals surface area contributed by atoms with E-state index >= 15 is 0 Å². The minimum Gasteiger partial charge on any atom is -0.393 e. The molecule has 0 aromatic rings. The molecule has 0 bridgehead atoms. The van der Waals surface area contributed by atoms with Crippen molar-refractivity contribution >= 4 is 5.78 Å². The molecule has 4 fully saturated rings. The molecule has 0 radical (unpaired) electrons. The highest BCUT2D eigenvalue weighted by Gasteiger charge is 2.64. The van der Waals surface area contributed by atoms with E-state index < -0.39 is 30.7 Å². The number of aliphatic hydroxyl groups excluding tert-OH is 4. The Balaban J connectivity index is 1.56. The first-order chi connectivity index (χ1) is 19.5. The van der Waals surface area contributed by atoms with Gasteiger partial charge in [-0.05, 0) is 93.6 Å². The van der Waals surface area contributed by atoms with E-state index in [1.54, 1.807) is 0 Å². The Morgan fingerprint density at radius 2 is 1.69 bits per heavy atom. The smallest absolute Gasteiger partial charge is 0.186 e. The summed E-state index contributed by atoms with van der Waals surface area (Å²) in [6.45, 7) is 17.0. The first kappa shape index (κ1) is 33.3. The number of hydrogen-bond donors (Lipinski definition) is 4. The van der Waals surface area contributed by atoms with Crippen LogP contribution in [0.25, 0.3) is 0 Å². The number of fused-ring (bicyclic) bond motifs is 3. The molecule has 4 rings (SSSR count). The molecule has 1 aliphatic heterocycles. The molecule has 3 aliphatic carbocycles. The summed E-state index contributed by atoms with van der Waals surface area (Å²) in [5.74, 6) is 0.926. The summed E-state index contributed by atoms with van der Waals surface area (Å²) in [6, 6.07) is 0. The van der Waals surface area contributed by atoms with Crippen molar-refractivity contribution in [3.8, 4) is 0 Å². The van der Waals surface area contributed by atoms with Crippen LogP contribution in [-0.4, -0.2) is 69.6 Å². The van der Waals surface area contributed by atoms with Gasteiger partial charge in [0.05, 0.1) is 18.8 Å². The summed E-state index contributed by atoms with van der Waals surface area (Å²) >= 11 is 0. The zero-order valence-electron chi connectivity index (χ0n) is 26.9. The third kappa shape index (κ3) is 6.02. The number of rotatable bonds is 7. The molecule has 7 heteroatoms. The van der Waals surface area contributed by atoms with Crippen molar-refractivity contribution in [2.45, 2.75) is 131 Å². The molecular weight excluding hydrogens is 532 g/mol. The summed E-state index contributed by atoms with van der Waals surface area (Å²) in [6.07, 6.45) is 7.30. The number of Topliss-reactive ketones (excluding diaryl/α,β-unsaturated/α-hetero) is 1. The second kappa shape index (κ2) is 12.4. The Labute approximate surface area is 252 Å². The van der Waals surface area contributed by atoms with E-state index in [0.29, 0.717) is 18.8 Å². The maximum Gasteiger partial charge on any atom is 0.186 e. The van der Waals surface area contributed by atoms with Gasteiger partial charge in [0.2, 0.25) is 0 Å². The van der Waals surface area contributed by atoms with Crippen LogP contribution in [0, 0.1) is 28.1 Å². The maximum absolute atomic E-state index is 13.6. The number of hydrogen-bond acceptors (Lipinski definition) is 7. The van der Waals surface area contributed by atoms with Crippen LogP contribution in [0.5, 0.6) is 0 Å². The number of aliphatic hydroxyl groups is 4. The van der Waals surface area contributed by atoms with E-state index in [0.717, 1.165) is 48.0 Å². The van der Waals surface area contributed by atoms with Crippen molar-refractivity contribution in [2.24, 2.45) is 28.1 Å². The number of allylic oxidation sites excluding steroid dienone is 6. The van der Waals surface area contributed by atoms with Crippen molar-refractivity contribution in [1.29, 1.82) is 0 Å². The van der Waals surface area contributed by atoms with E-state index in [1.807, 2.05) is 45.9 Å². The van der Waals surface area contributed by atoms with Gasteiger partial charge in [-0.25, -0.2) is 0 Å². The van der Waals surface area contributed by atoms with E-state index in [4.69, 9.17) is 9.47 Å². The molecule has 4 aliphatic rings. The summed E-state index contributed by atoms with van der Waals surface area (Å²) in [7, 11) is 0. The van der Waals surface area contributed by atoms with Crippen LogP contribution >= 0.6 is 0 Å². The van der Waals surface area contributed by atoms with Gasteiger partial charge in [-0.1, -0.05) is 57.6 Å². The molecule has 0 amide bonds. The second-order valence-electron chi connectivity index (χ2n) is 14.8. The Morgan fingerprint density at radius 1 is 1.00 bits per heavy atom. The molecule has 7 nitrogen and oxygen atoms in total. The minimum atomic E-state index is -1.35. The quantitative estimate of drug-likeness (QED) is 0.185. The molecule has 0 aromatic carbocycles. The Morgan fingerprint density at radius 3 is 2.36 bits per heavy atom. The van der Waals surface area contributed by atoms with Gasteiger partial charge in [0.1, 0.15) is 18.3 Å². The standard InChI is InChI=1S/C35H54O7/c1-20(2)12-13-25(42-32-31(40)30(39)24(37)19-41-32)21(3)10-9-11-22(4)29-23(36)18-27-34(7)17-15-28(38)33(5,6)26(34)14-16-35(27,29)8/h9-12,24-28,30-32,37-40H,13-19H2,1-8H3/b11-9+,21-10+,29-22+/t24-,25+,26-,27-,28+,30-,31-,32-,34-,35-/m0/s1. The Bertz CT molecular complexity index is 1140. The highest BCUT2D eigenvalue weighted by molar-refractivity contribution is 6.00. The third-order valence-electron chi connectivity index (χ3n) is 11.4. The summed E-state index contributed by atoms with van der Waals surface area (Å²) < 4.78 is 11.6. The molecule has 0 spiro atoms. The van der Waals surface area contributed by atoms with E-state index in [-0.39, 0.29) is 40.7 Å². The van der Waals surface area contributed by atoms with E-state index in [9.17, 15) is 25.2 Å². The van der Waals surface area contributed by atoms with Crippen LogP contribution in [0.15, 0.2) is 46.6 Å². The first-order valence-electron chi connectivity index (χ1n) is 15.8. The van der Waals surface area contributed by atoms with Gasteiger partial charge < -0.3 is 29.9 Å². The van der Waals surface area contributed by atoms with Crippen LogP contribution in [-0.2, 0) is 14.3 Å². The highest BCUT2D eigenvalue weighted by Crippen LogP contribution is 2.69. The van der Waals surface area contributed by atoms with Crippen molar-refractivity contribution in [2.75, 3.05) is 6.61 Å². The number of carbonyl (C=O) groups is 1. The summed E-state index contributed by atoms with van der Waals surface area (Å²) in [5, 5.41) is 41.1. The molecule has 4 N–H and O–H groups in total. The van der Waals surface area contributed by atoms with Crippen LogP contribution < -0.4 is 0 Å². The Kier molecular flexibility index (Phi) is 9.84. The van der Waals surface area contributed by atoms with Gasteiger partial charge >= 0.3 is 0 Å². The van der Waals surface area contributed by atoms with E-state index in [2.05, 4.69) is 33.8 Å². The predicted molar refractivity (Wildman–Crippen MR) is 163 cm³/mol. The lowest BCUT2D eigenvalue weighted by Gasteiger charge is -2.62. The average Bonchev–Trinajstić information content (AvgIpc) is 3.19. The lowest BCUT2D eigenvalue weighted by Crippen LogP contribution is -2.57.